The van der Waals surface area contributed by atoms with Crippen molar-refractivity contribution in [2.45, 2.75) is 13.8 Å². The minimum absolute atomic E-state index is 0.0442. The summed E-state index contributed by atoms with van der Waals surface area (Å²) >= 11 is 0. The van der Waals surface area contributed by atoms with Crippen LogP contribution in [0.3, 0.4) is 0 Å². The van der Waals surface area contributed by atoms with Crippen LogP contribution < -0.4 is 10.1 Å². The van der Waals surface area contributed by atoms with Gasteiger partial charge in [-0.25, -0.2) is 14.4 Å². The van der Waals surface area contributed by atoms with E-state index in [1.165, 1.54) is 0 Å². The number of nitrogens with one attached hydrogen (secondary N) is 2. The Hall–Kier alpha value is -3.66. The van der Waals surface area contributed by atoms with Crippen LogP contribution in [0.4, 0.5) is 10.2 Å². The maximum absolute atomic E-state index is 14.8. The predicted octanol–water partition coefficient (Wildman–Crippen LogP) is 3.55. The van der Waals surface area contributed by atoms with Crippen molar-refractivity contribution in [3.63, 3.8) is 0 Å². The molecule has 3 aromatic rings. The van der Waals surface area contributed by atoms with Gasteiger partial charge < -0.3 is 29.4 Å². The van der Waals surface area contributed by atoms with Crippen molar-refractivity contribution in [2.75, 3.05) is 45.3 Å². The van der Waals surface area contributed by atoms with Gasteiger partial charge in [-0.15, -0.1) is 0 Å². The molecule has 1 saturated heterocycles. The Morgan fingerprint density at radius 2 is 2.09 bits per heavy atom. The fraction of sp³-hybridized carbons (Fsp3) is 0.348. The maximum atomic E-state index is 14.8. The Kier molecular flexibility index (Phi) is 6.74. The van der Waals surface area contributed by atoms with E-state index in [9.17, 15) is 4.39 Å². The van der Waals surface area contributed by atoms with E-state index >= 15 is 0 Å². The number of aromatic nitrogens is 2. The number of rotatable bonds is 7. The molecule has 0 amide bonds. The zero-order valence-electron chi connectivity index (χ0n) is 19.1. The number of anilines is 1. The van der Waals surface area contributed by atoms with Crippen molar-refractivity contribution < 1.29 is 13.7 Å². The lowest BCUT2D eigenvalue weighted by atomic mass is 10.2. The number of aromatic amines is 1. The molecule has 1 fully saturated rings. The molecule has 0 spiro atoms. The zero-order valence-corrected chi connectivity index (χ0v) is 19.1. The molecule has 0 atom stereocenters. The van der Waals surface area contributed by atoms with Gasteiger partial charge in [0.05, 0.1) is 0 Å². The van der Waals surface area contributed by atoms with E-state index in [1.54, 1.807) is 30.3 Å². The van der Waals surface area contributed by atoms with Gasteiger partial charge in [0.25, 0.3) is 0 Å². The lowest BCUT2D eigenvalue weighted by Crippen LogP contribution is -2.47. The molecular formula is C23H28FN7O2. The van der Waals surface area contributed by atoms with Crippen molar-refractivity contribution in [1.82, 2.24) is 19.9 Å². The van der Waals surface area contributed by atoms with E-state index in [0.717, 1.165) is 37.4 Å². The van der Waals surface area contributed by atoms with Gasteiger partial charge in [0.2, 0.25) is 0 Å². The molecule has 174 valence electrons. The SMILES string of the molecule is C=N/C(=C\C(=N/COc1ccc2[nH]c(C)cc2c1F)N1CCN(C)CC1)Nc1cc(C)on1. The summed E-state index contributed by atoms with van der Waals surface area (Å²) in [6, 6.07) is 6.93. The highest BCUT2D eigenvalue weighted by molar-refractivity contribution is 5.94. The van der Waals surface area contributed by atoms with Crippen LogP contribution >= 0.6 is 0 Å². The largest absolute Gasteiger partial charge is 0.468 e. The number of ether oxygens (including phenoxy) is 1. The molecule has 1 aliphatic heterocycles. The van der Waals surface area contributed by atoms with E-state index < -0.39 is 5.82 Å². The number of H-pyrrole nitrogens is 1. The summed E-state index contributed by atoms with van der Waals surface area (Å²) in [6.07, 6.45) is 1.78. The standard InChI is InChI=1S/C23H28FN7O2/c1-15-11-17-18(27-15)5-6-19(23(17)24)32-14-26-22(31-9-7-30(4)8-10-31)13-20(25-3)28-21-12-16(2)33-29-21/h5-6,11-13,27H,3,7-10,14H2,1-2,4H3,(H,28,29)/b20-13+,26-22+. The number of fused-ring (bicyclic) bond motifs is 1. The van der Waals surface area contributed by atoms with Gasteiger partial charge in [-0.3, -0.25) is 0 Å². The average Bonchev–Trinajstić information content (AvgIpc) is 3.39. The summed E-state index contributed by atoms with van der Waals surface area (Å²) in [7, 11) is 2.08. The number of benzene rings is 1. The molecule has 1 aliphatic rings. The highest BCUT2D eigenvalue weighted by Gasteiger charge is 2.18. The highest BCUT2D eigenvalue weighted by atomic mass is 19.1. The third kappa shape index (κ3) is 5.40. The van der Waals surface area contributed by atoms with Gasteiger partial charge in [0.1, 0.15) is 17.4 Å². The van der Waals surface area contributed by atoms with Gasteiger partial charge >= 0.3 is 0 Å². The molecule has 0 radical (unpaired) electrons. The molecule has 9 nitrogen and oxygen atoms in total. The summed E-state index contributed by atoms with van der Waals surface area (Å²) < 4.78 is 25.6. The van der Waals surface area contributed by atoms with Gasteiger partial charge in [-0.1, -0.05) is 5.16 Å². The predicted molar refractivity (Wildman–Crippen MR) is 127 cm³/mol. The molecule has 2 aromatic heterocycles. The van der Waals surface area contributed by atoms with Crippen LogP contribution in [0.2, 0.25) is 0 Å². The van der Waals surface area contributed by atoms with Crippen LogP contribution in [-0.2, 0) is 0 Å². The molecule has 0 bridgehead atoms. The first-order chi connectivity index (χ1) is 15.9. The monoisotopic (exact) mass is 453 g/mol. The summed E-state index contributed by atoms with van der Waals surface area (Å²) in [6.45, 7) is 10.7. The van der Waals surface area contributed by atoms with Crippen LogP contribution in [0.1, 0.15) is 11.5 Å². The Morgan fingerprint density at radius 3 is 2.79 bits per heavy atom. The minimum Gasteiger partial charge on any atom is -0.468 e. The first kappa shape index (κ1) is 22.5. The average molecular weight is 454 g/mol. The summed E-state index contributed by atoms with van der Waals surface area (Å²) in [5, 5.41) is 7.50. The van der Waals surface area contributed by atoms with Gasteiger partial charge in [0.15, 0.2) is 24.1 Å². The molecule has 33 heavy (non-hydrogen) atoms. The molecule has 3 heterocycles. The summed E-state index contributed by atoms with van der Waals surface area (Å²) in [4.78, 5) is 16.2. The first-order valence-corrected chi connectivity index (χ1v) is 10.7. The Labute approximate surface area is 191 Å². The third-order valence-electron chi connectivity index (χ3n) is 5.43. The second kappa shape index (κ2) is 9.86. The second-order valence-corrected chi connectivity index (χ2v) is 8.01. The number of amidine groups is 1. The lowest BCUT2D eigenvalue weighted by Gasteiger charge is -2.33. The van der Waals surface area contributed by atoms with Crippen molar-refractivity contribution in [2.24, 2.45) is 9.98 Å². The van der Waals surface area contributed by atoms with Crippen molar-refractivity contribution in [3.05, 3.63) is 53.4 Å². The van der Waals surface area contributed by atoms with E-state index in [-0.39, 0.29) is 12.5 Å². The number of halogens is 1. The van der Waals surface area contributed by atoms with Crippen LogP contribution in [0.15, 0.2) is 50.7 Å². The van der Waals surface area contributed by atoms with Crippen LogP contribution in [0.5, 0.6) is 5.75 Å². The highest BCUT2D eigenvalue weighted by Crippen LogP contribution is 2.27. The Morgan fingerprint density at radius 1 is 1.30 bits per heavy atom. The number of likely N-dealkylation sites (N-methyl/N-ethyl adjacent to an activating group) is 1. The van der Waals surface area contributed by atoms with Gasteiger partial charge in [0, 0.05) is 54.9 Å². The number of hydrogen-bond donors (Lipinski definition) is 2. The summed E-state index contributed by atoms with van der Waals surface area (Å²) in [5.41, 5.74) is 1.62. The van der Waals surface area contributed by atoms with E-state index in [4.69, 9.17) is 9.26 Å². The van der Waals surface area contributed by atoms with Crippen molar-refractivity contribution in [1.29, 1.82) is 0 Å². The third-order valence-corrected chi connectivity index (χ3v) is 5.43. The molecule has 2 N–H and O–H groups in total. The summed E-state index contributed by atoms with van der Waals surface area (Å²) in [5.74, 6) is 2.09. The normalized spacial score (nSPS) is 15.8. The first-order valence-electron chi connectivity index (χ1n) is 10.7. The smallest absolute Gasteiger partial charge is 0.181 e. The second-order valence-electron chi connectivity index (χ2n) is 8.01. The van der Waals surface area contributed by atoms with E-state index in [0.29, 0.717) is 28.6 Å². The maximum Gasteiger partial charge on any atom is 0.181 e. The topological polar surface area (TPSA) is 94.3 Å². The number of aryl methyl sites for hydroxylation is 2. The fourth-order valence-electron chi connectivity index (χ4n) is 3.64. The molecule has 10 heteroatoms. The zero-order chi connectivity index (χ0) is 23.4. The minimum atomic E-state index is -0.403. The number of piperazine rings is 1. The molecule has 0 aliphatic carbocycles. The molecule has 1 aromatic carbocycles. The van der Waals surface area contributed by atoms with Gasteiger partial charge in [-0.2, -0.15) is 0 Å². The number of aliphatic imine (C=N–C) groups is 2. The molecular weight excluding hydrogens is 425 g/mol. The molecule has 0 saturated carbocycles. The fourth-order valence-corrected chi connectivity index (χ4v) is 3.64. The lowest BCUT2D eigenvalue weighted by molar-refractivity contribution is 0.214. The Balaban J connectivity index is 1.54. The van der Waals surface area contributed by atoms with E-state index in [1.807, 2.05) is 13.8 Å². The Bertz CT molecular complexity index is 1190. The van der Waals surface area contributed by atoms with E-state index in [2.05, 4.69) is 49.0 Å². The van der Waals surface area contributed by atoms with Crippen molar-refractivity contribution in [3.8, 4) is 5.75 Å². The number of nitrogens with zero attached hydrogens (tertiary/aromatic N) is 5. The quantitative estimate of drug-likeness (QED) is 0.420. The van der Waals surface area contributed by atoms with Gasteiger partial charge in [-0.05, 0) is 45.8 Å². The number of hydrogen-bond acceptors (Lipinski definition) is 7. The molecule has 4 rings (SSSR count). The van der Waals surface area contributed by atoms with Crippen LogP contribution in [0, 0.1) is 19.7 Å². The van der Waals surface area contributed by atoms with Crippen LogP contribution in [0.25, 0.3) is 10.9 Å². The van der Waals surface area contributed by atoms with Crippen molar-refractivity contribution >= 4 is 29.3 Å². The molecule has 0 unspecified atom stereocenters. The van der Waals surface area contributed by atoms with Crippen LogP contribution in [-0.4, -0.2) is 72.5 Å².